The van der Waals surface area contributed by atoms with E-state index in [1.54, 1.807) is 49.6 Å². The summed E-state index contributed by atoms with van der Waals surface area (Å²) in [4.78, 5) is 36.0. The maximum absolute atomic E-state index is 12.5. The topological polar surface area (TPSA) is 97.0 Å². The molecule has 3 rings (SSSR count). The predicted octanol–water partition coefficient (Wildman–Crippen LogP) is 3.37. The second-order valence-electron chi connectivity index (χ2n) is 6.02. The fraction of sp³-hybridized carbons (Fsp3) is 0.200. The highest BCUT2D eigenvalue weighted by Crippen LogP contribution is 2.27. The molecule has 0 aliphatic carbocycles. The lowest BCUT2D eigenvalue weighted by Gasteiger charge is -2.10. The molecule has 0 saturated carbocycles. The Hall–Kier alpha value is -3.19. The fourth-order valence-electron chi connectivity index (χ4n) is 2.68. The van der Waals surface area contributed by atoms with E-state index in [1.165, 1.54) is 0 Å². The third kappa shape index (κ3) is 4.55. The van der Waals surface area contributed by atoms with Gasteiger partial charge < -0.3 is 15.0 Å². The van der Waals surface area contributed by atoms with E-state index in [-0.39, 0.29) is 17.9 Å². The monoisotopic (exact) mass is 398 g/mol. The quantitative estimate of drug-likeness (QED) is 0.663. The first kappa shape index (κ1) is 19.6. The van der Waals surface area contributed by atoms with Crippen LogP contribution in [0.1, 0.15) is 18.2 Å². The van der Waals surface area contributed by atoms with Crippen molar-refractivity contribution in [2.24, 2.45) is 0 Å². The Morgan fingerprint density at radius 2 is 2.14 bits per heavy atom. The minimum Gasteiger partial charge on any atom is -0.492 e. The molecule has 0 fully saturated rings. The number of hydrogen-bond donors (Lipinski definition) is 2. The highest BCUT2D eigenvalue weighted by molar-refractivity contribution is 6.32. The van der Waals surface area contributed by atoms with Crippen LogP contribution in [0.4, 0.5) is 5.69 Å². The van der Waals surface area contributed by atoms with Gasteiger partial charge in [0.2, 0.25) is 5.91 Å². The first-order valence-electron chi connectivity index (χ1n) is 8.70. The molecule has 0 spiro atoms. The zero-order valence-corrected chi connectivity index (χ0v) is 16.2. The summed E-state index contributed by atoms with van der Waals surface area (Å²) in [7, 11) is 0. The lowest BCUT2D eigenvalue weighted by atomic mass is 10.1. The van der Waals surface area contributed by atoms with Gasteiger partial charge in [-0.3, -0.25) is 14.6 Å². The molecule has 0 aliphatic heterocycles. The number of H-pyrrole nitrogens is 1. The largest absolute Gasteiger partial charge is 0.492 e. The van der Waals surface area contributed by atoms with E-state index in [9.17, 15) is 9.59 Å². The highest BCUT2D eigenvalue weighted by atomic mass is 35.5. The molecule has 0 atom stereocenters. The number of amides is 1. The minimum atomic E-state index is -0.355. The van der Waals surface area contributed by atoms with Gasteiger partial charge in [0.1, 0.15) is 11.6 Å². The van der Waals surface area contributed by atoms with Crippen LogP contribution in [0.15, 0.2) is 47.5 Å². The molecule has 3 aromatic rings. The van der Waals surface area contributed by atoms with Crippen molar-refractivity contribution in [3.05, 3.63) is 69.4 Å². The molecule has 1 amide bonds. The standard InChI is InChI=1S/C20H19ClN4O3/c1-3-28-17-7-6-14(9-16(17)21)24-18(26)10-15-12(2)23-19(25-20(15)27)13-5-4-8-22-11-13/h4-9,11H,3,10H2,1-2H3,(H,24,26)(H,23,25,27). The van der Waals surface area contributed by atoms with E-state index in [0.717, 1.165) is 0 Å². The molecular weight excluding hydrogens is 380 g/mol. The number of aromatic amines is 1. The number of aryl methyl sites for hydroxylation is 1. The average molecular weight is 399 g/mol. The number of halogens is 1. The Bertz CT molecular complexity index is 1050. The van der Waals surface area contributed by atoms with Crippen molar-refractivity contribution in [1.82, 2.24) is 15.0 Å². The van der Waals surface area contributed by atoms with Gasteiger partial charge in [-0.25, -0.2) is 4.98 Å². The Balaban J connectivity index is 1.75. The molecule has 8 heteroatoms. The molecule has 1 aromatic carbocycles. The summed E-state index contributed by atoms with van der Waals surface area (Å²) >= 11 is 6.13. The summed E-state index contributed by atoms with van der Waals surface area (Å²) in [5.41, 5.74) is 1.66. The van der Waals surface area contributed by atoms with Gasteiger partial charge in [0.15, 0.2) is 0 Å². The molecular formula is C20H19ClN4O3. The van der Waals surface area contributed by atoms with E-state index in [2.05, 4.69) is 20.3 Å². The molecule has 28 heavy (non-hydrogen) atoms. The molecule has 0 bridgehead atoms. The van der Waals surface area contributed by atoms with E-state index >= 15 is 0 Å². The van der Waals surface area contributed by atoms with Crippen LogP contribution in [0.3, 0.4) is 0 Å². The number of aromatic nitrogens is 3. The van der Waals surface area contributed by atoms with Crippen LogP contribution in [0.5, 0.6) is 5.75 Å². The van der Waals surface area contributed by atoms with Crippen molar-refractivity contribution in [2.75, 3.05) is 11.9 Å². The van der Waals surface area contributed by atoms with Crippen LogP contribution >= 0.6 is 11.6 Å². The number of nitrogens with one attached hydrogen (secondary N) is 2. The van der Waals surface area contributed by atoms with Gasteiger partial charge in [-0.2, -0.15) is 0 Å². The van der Waals surface area contributed by atoms with Crippen molar-refractivity contribution < 1.29 is 9.53 Å². The smallest absolute Gasteiger partial charge is 0.255 e. The molecule has 0 radical (unpaired) electrons. The van der Waals surface area contributed by atoms with Crippen molar-refractivity contribution in [1.29, 1.82) is 0 Å². The maximum Gasteiger partial charge on any atom is 0.255 e. The van der Waals surface area contributed by atoms with Gasteiger partial charge >= 0.3 is 0 Å². The number of anilines is 1. The number of carbonyl (C=O) groups is 1. The number of nitrogens with zero attached hydrogens (tertiary/aromatic N) is 2. The van der Waals surface area contributed by atoms with Gasteiger partial charge in [0.05, 0.1) is 18.1 Å². The van der Waals surface area contributed by atoms with Crippen molar-refractivity contribution in [2.45, 2.75) is 20.3 Å². The highest BCUT2D eigenvalue weighted by Gasteiger charge is 2.14. The van der Waals surface area contributed by atoms with Gasteiger partial charge in [-0.1, -0.05) is 11.6 Å². The van der Waals surface area contributed by atoms with Crippen LogP contribution < -0.4 is 15.6 Å². The number of benzene rings is 1. The van der Waals surface area contributed by atoms with Gasteiger partial charge in [-0.05, 0) is 44.2 Å². The number of rotatable bonds is 6. The summed E-state index contributed by atoms with van der Waals surface area (Å²) in [6, 6.07) is 8.53. The second-order valence-corrected chi connectivity index (χ2v) is 6.43. The van der Waals surface area contributed by atoms with Gasteiger partial charge in [0.25, 0.3) is 5.56 Å². The summed E-state index contributed by atoms with van der Waals surface area (Å²) in [5.74, 6) is 0.618. The first-order chi connectivity index (χ1) is 13.5. The normalized spacial score (nSPS) is 10.5. The van der Waals surface area contributed by atoms with Crippen LogP contribution in [0.25, 0.3) is 11.4 Å². The summed E-state index contributed by atoms with van der Waals surface area (Å²) in [6.45, 7) is 4.06. The van der Waals surface area contributed by atoms with Crippen molar-refractivity contribution >= 4 is 23.2 Å². The average Bonchev–Trinajstić information content (AvgIpc) is 2.67. The van der Waals surface area contributed by atoms with Crippen molar-refractivity contribution in [3.63, 3.8) is 0 Å². The third-order valence-corrected chi connectivity index (χ3v) is 4.31. The third-order valence-electron chi connectivity index (χ3n) is 4.01. The van der Waals surface area contributed by atoms with Crippen LogP contribution in [0, 0.1) is 6.92 Å². The summed E-state index contributed by atoms with van der Waals surface area (Å²) in [6.07, 6.45) is 3.15. The molecule has 0 unspecified atom stereocenters. The SMILES string of the molecule is CCOc1ccc(NC(=O)Cc2c(C)nc(-c3cccnc3)[nH]c2=O)cc1Cl. The fourth-order valence-corrected chi connectivity index (χ4v) is 2.91. The lowest BCUT2D eigenvalue weighted by molar-refractivity contribution is -0.115. The molecule has 2 heterocycles. The zero-order chi connectivity index (χ0) is 20.1. The maximum atomic E-state index is 12.5. The number of carbonyl (C=O) groups excluding carboxylic acids is 1. The Morgan fingerprint density at radius 1 is 1.32 bits per heavy atom. The minimum absolute atomic E-state index is 0.105. The molecule has 7 nitrogen and oxygen atoms in total. The van der Waals surface area contributed by atoms with Gasteiger partial charge in [0, 0.05) is 34.9 Å². The van der Waals surface area contributed by atoms with Crippen molar-refractivity contribution in [3.8, 4) is 17.1 Å². The second kappa shape index (κ2) is 8.67. The Kier molecular flexibility index (Phi) is 6.06. The first-order valence-corrected chi connectivity index (χ1v) is 9.08. The zero-order valence-electron chi connectivity index (χ0n) is 15.5. The molecule has 0 saturated heterocycles. The van der Waals surface area contributed by atoms with E-state index in [1.807, 2.05) is 6.92 Å². The molecule has 2 aromatic heterocycles. The van der Waals surface area contributed by atoms with E-state index in [0.29, 0.717) is 45.7 Å². The molecule has 144 valence electrons. The Morgan fingerprint density at radius 3 is 2.79 bits per heavy atom. The summed E-state index contributed by atoms with van der Waals surface area (Å²) < 4.78 is 5.37. The summed E-state index contributed by atoms with van der Waals surface area (Å²) in [5, 5.41) is 3.13. The van der Waals surface area contributed by atoms with Crippen LogP contribution in [-0.4, -0.2) is 27.5 Å². The Labute approximate surface area is 166 Å². The molecule has 0 aliphatic rings. The number of hydrogen-bond acceptors (Lipinski definition) is 5. The predicted molar refractivity (Wildman–Crippen MR) is 108 cm³/mol. The van der Waals surface area contributed by atoms with Gasteiger partial charge in [-0.15, -0.1) is 0 Å². The molecule has 2 N–H and O–H groups in total. The number of pyridine rings is 1. The van der Waals surface area contributed by atoms with Crippen LogP contribution in [0.2, 0.25) is 5.02 Å². The van der Waals surface area contributed by atoms with E-state index < -0.39 is 0 Å². The van der Waals surface area contributed by atoms with E-state index in [4.69, 9.17) is 16.3 Å². The van der Waals surface area contributed by atoms with Crippen LogP contribution in [-0.2, 0) is 11.2 Å². The number of ether oxygens (including phenoxy) is 1. The lowest BCUT2D eigenvalue weighted by Crippen LogP contribution is -2.23.